The van der Waals surface area contributed by atoms with Gasteiger partial charge in [0.05, 0.1) is 24.3 Å². The zero-order valence-electron chi connectivity index (χ0n) is 42.1. The first-order valence-electron chi connectivity index (χ1n) is 24.3. The molecule has 6 rings (SSSR count). The van der Waals surface area contributed by atoms with Crippen LogP contribution in [0.3, 0.4) is 0 Å². The maximum atomic E-state index is 12.9. The summed E-state index contributed by atoms with van der Waals surface area (Å²) in [6.45, 7) is 10.8. The van der Waals surface area contributed by atoms with Gasteiger partial charge in [-0.05, 0) is 127 Å². The van der Waals surface area contributed by atoms with Gasteiger partial charge < -0.3 is 41.0 Å². The number of benzene rings is 4. The van der Waals surface area contributed by atoms with Crippen LogP contribution in [0.1, 0.15) is 97.6 Å². The summed E-state index contributed by atoms with van der Waals surface area (Å²) in [4.78, 5) is 59.2. The number of hydrogen-bond donors (Lipinski definition) is 6. The van der Waals surface area contributed by atoms with Gasteiger partial charge in [-0.25, -0.2) is 9.59 Å². The molecule has 0 aliphatic rings. The second-order valence-corrected chi connectivity index (χ2v) is 19.6. The van der Waals surface area contributed by atoms with Crippen LogP contribution in [0.25, 0.3) is 0 Å². The van der Waals surface area contributed by atoms with Crippen LogP contribution in [0.2, 0.25) is 0 Å². The summed E-state index contributed by atoms with van der Waals surface area (Å²) in [5.41, 5.74) is 3.24. The van der Waals surface area contributed by atoms with Gasteiger partial charge in [-0.2, -0.15) is 0 Å². The van der Waals surface area contributed by atoms with Crippen molar-refractivity contribution in [2.24, 2.45) is 0 Å². The lowest BCUT2D eigenvalue weighted by molar-refractivity contribution is 0.0452. The molecule has 380 valence electrons. The van der Waals surface area contributed by atoms with Gasteiger partial charge in [-0.1, -0.05) is 133 Å². The Hall–Kier alpha value is -7.42. The van der Waals surface area contributed by atoms with Crippen LogP contribution in [0.4, 0.5) is 9.59 Å². The Labute approximate surface area is 424 Å². The number of aliphatic hydroxyl groups excluding tert-OH is 2. The normalized spacial score (nSPS) is 13.8. The van der Waals surface area contributed by atoms with E-state index in [-0.39, 0.29) is 36.0 Å². The molecule has 0 saturated heterocycles. The van der Waals surface area contributed by atoms with Crippen LogP contribution in [0.5, 0.6) is 0 Å². The summed E-state index contributed by atoms with van der Waals surface area (Å²) in [7, 11) is 0. The predicted octanol–water partition coefficient (Wildman–Crippen LogP) is 8.62. The van der Waals surface area contributed by atoms with E-state index in [2.05, 4.69) is 31.2 Å². The highest BCUT2D eigenvalue weighted by atomic mass is 16.6. The summed E-state index contributed by atoms with van der Waals surface area (Å²) < 4.78 is 10.9. The number of amides is 4. The lowest BCUT2D eigenvalue weighted by Gasteiger charge is -2.29. The van der Waals surface area contributed by atoms with Crippen molar-refractivity contribution in [2.75, 3.05) is 0 Å². The summed E-state index contributed by atoms with van der Waals surface area (Å²) >= 11 is 0. The standard InChI is InChI=1S/2C29H35N3O4/c2*1-29(2,3)36-28(35)31-23(18-21-12-6-4-7-13-21)20-26(33)25(19-22-14-8-5-9-15-22)32-27(34)24-16-10-11-17-30-24/h2*4-17,23,25-26,33H,18-20H2,1-3H3,(H,31,35)(H,32,34)/t2*23-,25-,26-/m00/s1. The topological polar surface area (TPSA) is 201 Å². The van der Waals surface area contributed by atoms with E-state index in [9.17, 15) is 29.4 Å². The second kappa shape index (κ2) is 27.8. The van der Waals surface area contributed by atoms with E-state index < -0.39 is 59.8 Å². The molecule has 2 heterocycles. The molecule has 14 heteroatoms. The number of carbonyl (C=O) groups is 4. The number of aliphatic hydroxyl groups is 2. The average Bonchev–Trinajstić information content (AvgIpc) is 3.34. The number of rotatable bonds is 20. The Kier molecular flexibility index (Phi) is 21.5. The minimum Gasteiger partial charge on any atom is -0.444 e. The fourth-order valence-corrected chi connectivity index (χ4v) is 7.83. The van der Waals surface area contributed by atoms with Crippen molar-refractivity contribution >= 4 is 24.0 Å². The highest BCUT2D eigenvalue weighted by Crippen LogP contribution is 2.18. The zero-order valence-corrected chi connectivity index (χ0v) is 42.1. The Morgan fingerprint density at radius 2 is 0.722 bits per heavy atom. The molecule has 6 N–H and O–H groups in total. The van der Waals surface area contributed by atoms with Gasteiger partial charge >= 0.3 is 12.2 Å². The Balaban J connectivity index is 0.000000267. The van der Waals surface area contributed by atoms with Crippen LogP contribution in [-0.2, 0) is 35.2 Å². The minimum atomic E-state index is -0.943. The van der Waals surface area contributed by atoms with Crippen molar-refractivity contribution in [3.05, 3.63) is 204 Å². The van der Waals surface area contributed by atoms with Gasteiger partial charge in [0.1, 0.15) is 22.6 Å². The molecule has 0 aliphatic carbocycles. The summed E-state index contributed by atoms with van der Waals surface area (Å²) in [5, 5.41) is 34.4. The van der Waals surface area contributed by atoms with Gasteiger partial charge in [0.25, 0.3) is 11.8 Å². The van der Waals surface area contributed by atoms with Crippen LogP contribution >= 0.6 is 0 Å². The van der Waals surface area contributed by atoms with Gasteiger partial charge in [-0.15, -0.1) is 0 Å². The van der Waals surface area contributed by atoms with Crippen molar-refractivity contribution < 1.29 is 38.9 Å². The summed E-state index contributed by atoms with van der Waals surface area (Å²) in [6.07, 6.45) is 2.41. The average molecular weight is 979 g/mol. The van der Waals surface area contributed by atoms with E-state index in [0.717, 1.165) is 22.3 Å². The molecular formula is C58H70N6O8. The van der Waals surface area contributed by atoms with Gasteiger partial charge in [-0.3, -0.25) is 19.6 Å². The van der Waals surface area contributed by atoms with Crippen molar-refractivity contribution in [3.8, 4) is 0 Å². The van der Waals surface area contributed by atoms with Crippen molar-refractivity contribution in [2.45, 2.75) is 128 Å². The minimum absolute atomic E-state index is 0.216. The van der Waals surface area contributed by atoms with Crippen LogP contribution < -0.4 is 21.3 Å². The predicted molar refractivity (Wildman–Crippen MR) is 279 cm³/mol. The van der Waals surface area contributed by atoms with Crippen LogP contribution in [0.15, 0.2) is 170 Å². The smallest absolute Gasteiger partial charge is 0.407 e. The number of carbonyl (C=O) groups excluding carboxylic acids is 4. The quantitative estimate of drug-likeness (QED) is 0.0430. The maximum Gasteiger partial charge on any atom is 0.407 e. The number of ether oxygens (including phenoxy) is 2. The highest BCUT2D eigenvalue weighted by molar-refractivity contribution is 5.93. The van der Waals surface area contributed by atoms with Gasteiger partial charge in [0, 0.05) is 24.5 Å². The van der Waals surface area contributed by atoms with Crippen molar-refractivity contribution in [3.63, 3.8) is 0 Å². The molecule has 2 aromatic heterocycles. The molecule has 14 nitrogen and oxygen atoms in total. The first-order valence-corrected chi connectivity index (χ1v) is 24.3. The second-order valence-electron chi connectivity index (χ2n) is 19.6. The van der Waals surface area contributed by atoms with E-state index in [1.807, 2.05) is 121 Å². The van der Waals surface area contributed by atoms with Crippen molar-refractivity contribution in [1.82, 2.24) is 31.2 Å². The third kappa shape index (κ3) is 20.9. The number of pyridine rings is 2. The molecule has 6 aromatic rings. The molecule has 72 heavy (non-hydrogen) atoms. The molecule has 0 unspecified atom stereocenters. The molecule has 0 bridgehead atoms. The van der Waals surface area contributed by atoms with E-state index in [4.69, 9.17) is 9.47 Å². The maximum absolute atomic E-state index is 12.9. The van der Waals surface area contributed by atoms with E-state index in [1.54, 1.807) is 90.3 Å². The van der Waals surface area contributed by atoms with Crippen molar-refractivity contribution in [1.29, 1.82) is 0 Å². The molecule has 0 radical (unpaired) electrons. The van der Waals surface area contributed by atoms with Crippen LogP contribution in [-0.4, -0.2) is 91.8 Å². The fourth-order valence-electron chi connectivity index (χ4n) is 7.83. The molecule has 0 fully saturated rings. The largest absolute Gasteiger partial charge is 0.444 e. The zero-order chi connectivity index (χ0) is 51.9. The first-order chi connectivity index (χ1) is 34.4. The molecule has 0 spiro atoms. The molecule has 0 saturated carbocycles. The monoisotopic (exact) mass is 979 g/mol. The first kappa shape index (κ1) is 55.5. The van der Waals surface area contributed by atoms with Crippen LogP contribution in [0, 0.1) is 0 Å². The Bertz CT molecular complexity index is 2350. The molecule has 0 aliphatic heterocycles. The SMILES string of the molecule is CC(C)(C)OC(=O)N[C@@H](Cc1ccccc1)C[C@H](O)[C@H](Cc1ccccc1)NC(=O)c1ccccn1.CC(C)(C)OC(=O)N[C@@H](Cc1ccccc1)C[C@H](O)[C@H](Cc1ccccc1)NC(=O)c1ccccn1. The third-order valence-corrected chi connectivity index (χ3v) is 11.1. The third-order valence-electron chi connectivity index (χ3n) is 11.1. The van der Waals surface area contributed by atoms with E-state index in [0.29, 0.717) is 25.7 Å². The summed E-state index contributed by atoms with van der Waals surface area (Å²) in [6, 6.07) is 47.0. The highest BCUT2D eigenvalue weighted by Gasteiger charge is 2.30. The lowest BCUT2D eigenvalue weighted by atomic mass is 9.93. The molecular weight excluding hydrogens is 909 g/mol. The molecule has 4 aromatic carbocycles. The van der Waals surface area contributed by atoms with E-state index in [1.165, 1.54) is 0 Å². The summed E-state index contributed by atoms with van der Waals surface area (Å²) in [5.74, 6) is -0.731. The Morgan fingerprint density at radius 1 is 0.431 bits per heavy atom. The van der Waals surface area contributed by atoms with Gasteiger partial charge in [0.15, 0.2) is 0 Å². The Morgan fingerprint density at radius 3 is 1.00 bits per heavy atom. The molecule has 4 amide bonds. The lowest BCUT2D eigenvalue weighted by Crippen LogP contribution is -2.49. The molecule has 6 atom stereocenters. The van der Waals surface area contributed by atoms with E-state index >= 15 is 0 Å². The number of nitrogens with one attached hydrogen (secondary N) is 4. The van der Waals surface area contributed by atoms with Gasteiger partial charge in [0.2, 0.25) is 0 Å². The number of aromatic nitrogens is 2. The number of hydrogen-bond acceptors (Lipinski definition) is 10. The fraction of sp³-hybridized carbons (Fsp3) is 0.345. The number of nitrogens with zero attached hydrogens (tertiary/aromatic N) is 2. The number of alkyl carbamates (subject to hydrolysis) is 2.